The van der Waals surface area contributed by atoms with Crippen LogP contribution in [-0.2, 0) is 0 Å². The van der Waals surface area contributed by atoms with Gasteiger partial charge in [-0.15, -0.1) is 0 Å². The van der Waals surface area contributed by atoms with Gasteiger partial charge in [0.25, 0.3) is 0 Å². The summed E-state index contributed by atoms with van der Waals surface area (Å²) in [7, 11) is 0. The summed E-state index contributed by atoms with van der Waals surface area (Å²) in [6.45, 7) is 0. The van der Waals surface area contributed by atoms with Gasteiger partial charge >= 0.3 is 0 Å². The minimum Gasteiger partial charge on any atom is -0.395 e. The normalized spacial score (nSPS) is 21.3. The van der Waals surface area contributed by atoms with Crippen molar-refractivity contribution in [1.29, 1.82) is 0 Å². The van der Waals surface area contributed by atoms with Crippen LogP contribution in [0.2, 0.25) is 0 Å². The molecule has 1 aromatic rings. The predicted molar refractivity (Wildman–Crippen MR) is 64.8 cm³/mol. The molecular weight excluding hydrogens is 211 g/mol. The lowest BCUT2D eigenvalue weighted by Crippen LogP contribution is -2.26. The molecule has 4 heteroatoms. The quantitative estimate of drug-likeness (QED) is 0.761. The Labute approximate surface area is 93.4 Å². The minimum atomic E-state index is -0.344. The molecule has 1 heterocycles. The highest BCUT2D eigenvalue weighted by atomic mass is 32.2. The summed E-state index contributed by atoms with van der Waals surface area (Å²) in [6, 6.07) is 5.32. The number of nitrogens with one attached hydrogen (secondary N) is 1. The molecule has 0 radical (unpaired) electrons. The standard InChI is InChI=1S/C11H15FN2S/c12-9-4-1-5-10(11(9)13)14-8-3-2-6-15-7-8/h1,4-5,8,14H,2-3,6-7,13H2. The largest absolute Gasteiger partial charge is 0.395 e. The van der Waals surface area contributed by atoms with Crippen LogP contribution in [0.5, 0.6) is 0 Å². The maximum absolute atomic E-state index is 13.2. The van der Waals surface area contributed by atoms with E-state index in [0.717, 1.165) is 17.9 Å². The van der Waals surface area contributed by atoms with Crippen molar-refractivity contribution in [3.63, 3.8) is 0 Å². The number of nitrogen functional groups attached to an aromatic ring is 1. The van der Waals surface area contributed by atoms with E-state index in [9.17, 15) is 4.39 Å². The second-order valence-electron chi connectivity index (χ2n) is 3.76. The summed E-state index contributed by atoms with van der Waals surface area (Å²) in [4.78, 5) is 0. The Morgan fingerprint density at radius 1 is 1.47 bits per heavy atom. The summed E-state index contributed by atoms with van der Waals surface area (Å²) in [5, 5.41) is 3.30. The van der Waals surface area contributed by atoms with Crippen molar-refractivity contribution in [2.45, 2.75) is 18.9 Å². The molecule has 1 saturated heterocycles. The molecule has 0 spiro atoms. The van der Waals surface area contributed by atoms with Gasteiger partial charge in [0, 0.05) is 11.8 Å². The number of benzene rings is 1. The molecule has 0 saturated carbocycles. The third kappa shape index (κ3) is 2.56. The molecule has 1 aromatic carbocycles. The molecular formula is C11H15FN2S. The number of anilines is 2. The van der Waals surface area contributed by atoms with Gasteiger partial charge in [0.15, 0.2) is 0 Å². The van der Waals surface area contributed by atoms with Crippen LogP contribution in [0.3, 0.4) is 0 Å². The van der Waals surface area contributed by atoms with Crippen LogP contribution < -0.4 is 11.1 Å². The van der Waals surface area contributed by atoms with Crippen molar-refractivity contribution in [2.75, 3.05) is 22.6 Å². The van der Waals surface area contributed by atoms with Crippen molar-refractivity contribution >= 4 is 23.1 Å². The van der Waals surface area contributed by atoms with Gasteiger partial charge in [-0.25, -0.2) is 4.39 Å². The molecule has 0 amide bonds. The summed E-state index contributed by atoms with van der Waals surface area (Å²) < 4.78 is 13.2. The highest BCUT2D eigenvalue weighted by Gasteiger charge is 2.14. The average molecular weight is 226 g/mol. The zero-order chi connectivity index (χ0) is 10.7. The highest BCUT2D eigenvalue weighted by Crippen LogP contribution is 2.25. The monoisotopic (exact) mass is 226 g/mol. The van der Waals surface area contributed by atoms with Crippen LogP contribution in [0.15, 0.2) is 18.2 Å². The molecule has 0 aromatic heterocycles. The molecule has 2 rings (SSSR count). The van der Waals surface area contributed by atoms with E-state index in [4.69, 9.17) is 5.73 Å². The first kappa shape index (κ1) is 10.6. The smallest absolute Gasteiger partial charge is 0.148 e. The Bertz CT molecular complexity index is 337. The number of rotatable bonds is 2. The van der Waals surface area contributed by atoms with Crippen molar-refractivity contribution in [3.05, 3.63) is 24.0 Å². The number of hydrogen-bond acceptors (Lipinski definition) is 3. The molecule has 3 N–H and O–H groups in total. The summed E-state index contributed by atoms with van der Waals surface area (Å²) in [5.41, 5.74) is 6.61. The first-order valence-electron chi connectivity index (χ1n) is 5.15. The van der Waals surface area contributed by atoms with E-state index in [2.05, 4.69) is 5.32 Å². The van der Waals surface area contributed by atoms with Crippen LogP contribution >= 0.6 is 11.8 Å². The van der Waals surface area contributed by atoms with E-state index in [0.29, 0.717) is 6.04 Å². The Balaban J connectivity index is 2.06. The van der Waals surface area contributed by atoms with Gasteiger partial charge in [-0.3, -0.25) is 0 Å². The van der Waals surface area contributed by atoms with E-state index in [1.54, 1.807) is 6.07 Å². The van der Waals surface area contributed by atoms with Crippen LogP contribution in [-0.4, -0.2) is 17.5 Å². The highest BCUT2D eigenvalue weighted by molar-refractivity contribution is 7.99. The second-order valence-corrected chi connectivity index (χ2v) is 4.91. The molecule has 15 heavy (non-hydrogen) atoms. The molecule has 1 unspecified atom stereocenters. The lowest BCUT2D eigenvalue weighted by molar-refractivity contribution is 0.631. The Hall–Kier alpha value is -0.900. The van der Waals surface area contributed by atoms with Gasteiger partial charge in [-0.05, 0) is 30.7 Å². The van der Waals surface area contributed by atoms with E-state index in [1.165, 1.54) is 18.2 Å². The van der Waals surface area contributed by atoms with E-state index in [1.807, 2.05) is 17.8 Å². The molecule has 1 aliphatic heterocycles. The van der Waals surface area contributed by atoms with Gasteiger partial charge in [0.2, 0.25) is 0 Å². The second kappa shape index (κ2) is 4.75. The third-order valence-corrected chi connectivity index (χ3v) is 3.79. The summed E-state index contributed by atoms with van der Waals surface area (Å²) in [5.74, 6) is 1.97. The van der Waals surface area contributed by atoms with Crippen LogP contribution in [0.1, 0.15) is 12.8 Å². The van der Waals surface area contributed by atoms with Gasteiger partial charge in [-0.1, -0.05) is 6.07 Å². The first-order valence-corrected chi connectivity index (χ1v) is 6.31. The van der Waals surface area contributed by atoms with Gasteiger partial charge < -0.3 is 11.1 Å². The van der Waals surface area contributed by atoms with Crippen molar-refractivity contribution in [1.82, 2.24) is 0 Å². The van der Waals surface area contributed by atoms with Crippen LogP contribution in [0.25, 0.3) is 0 Å². The van der Waals surface area contributed by atoms with Gasteiger partial charge in [0.05, 0.1) is 11.4 Å². The SMILES string of the molecule is Nc1c(F)cccc1NC1CCCSC1. The lowest BCUT2D eigenvalue weighted by atomic mass is 10.1. The summed E-state index contributed by atoms with van der Waals surface area (Å²) in [6.07, 6.45) is 2.36. The Morgan fingerprint density at radius 3 is 3.07 bits per heavy atom. The predicted octanol–water partition coefficient (Wildman–Crippen LogP) is 2.72. The van der Waals surface area contributed by atoms with Crippen molar-refractivity contribution in [3.8, 4) is 0 Å². The minimum absolute atomic E-state index is 0.230. The average Bonchev–Trinajstić information content (AvgIpc) is 2.26. The van der Waals surface area contributed by atoms with Crippen LogP contribution in [0.4, 0.5) is 15.8 Å². The fraction of sp³-hybridized carbons (Fsp3) is 0.455. The number of para-hydroxylation sites is 1. The van der Waals surface area contributed by atoms with E-state index < -0.39 is 0 Å². The maximum Gasteiger partial charge on any atom is 0.148 e. The molecule has 0 aliphatic carbocycles. The van der Waals surface area contributed by atoms with Crippen molar-refractivity contribution in [2.24, 2.45) is 0 Å². The fourth-order valence-corrected chi connectivity index (χ4v) is 2.81. The third-order valence-electron chi connectivity index (χ3n) is 2.57. The van der Waals surface area contributed by atoms with E-state index in [-0.39, 0.29) is 11.5 Å². The summed E-state index contributed by atoms with van der Waals surface area (Å²) >= 11 is 1.94. The number of halogens is 1. The molecule has 82 valence electrons. The Morgan fingerprint density at radius 2 is 2.33 bits per heavy atom. The number of nitrogens with two attached hydrogens (primary N) is 1. The molecule has 0 bridgehead atoms. The topological polar surface area (TPSA) is 38.0 Å². The first-order chi connectivity index (χ1) is 7.27. The lowest BCUT2D eigenvalue weighted by Gasteiger charge is -2.24. The zero-order valence-electron chi connectivity index (χ0n) is 8.50. The molecule has 2 nitrogen and oxygen atoms in total. The van der Waals surface area contributed by atoms with Gasteiger partial charge in [-0.2, -0.15) is 11.8 Å². The number of thioether (sulfide) groups is 1. The number of hydrogen-bond donors (Lipinski definition) is 2. The zero-order valence-corrected chi connectivity index (χ0v) is 9.32. The molecule has 1 fully saturated rings. The van der Waals surface area contributed by atoms with Crippen LogP contribution in [0, 0.1) is 5.82 Å². The van der Waals surface area contributed by atoms with E-state index >= 15 is 0 Å². The molecule has 1 aliphatic rings. The van der Waals surface area contributed by atoms with Gasteiger partial charge in [0.1, 0.15) is 5.82 Å². The fourth-order valence-electron chi connectivity index (χ4n) is 1.74. The Kier molecular flexibility index (Phi) is 3.36. The van der Waals surface area contributed by atoms with Crippen molar-refractivity contribution < 1.29 is 4.39 Å². The molecule has 1 atom stereocenters. The maximum atomic E-state index is 13.2.